The van der Waals surface area contributed by atoms with Crippen molar-refractivity contribution in [3.8, 4) is 0 Å². The molecular formula is C17H36N2. The van der Waals surface area contributed by atoms with Crippen LogP contribution in [-0.2, 0) is 0 Å². The van der Waals surface area contributed by atoms with E-state index in [9.17, 15) is 0 Å². The minimum atomic E-state index is 0.784. The molecular weight excluding hydrogens is 232 g/mol. The molecule has 0 heterocycles. The second-order valence-electron chi connectivity index (χ2n) is 6.85. The monoisotopic (exact) mass is 268 g/mol. The van der Waals surface area contributed by atoms with Crippen molar-refractivity contribution in [2.24, 2.45) is 17.6 Å². The van der Waals surface area contributed by atoms with Gasteiger partial charge in [-0.25, -0.2) is 0 Å². The maximum absolute atomic E-state index is 5.72. The molecule has 1 aliphatic carbocycles. The standard InChI is InChI=1S/C17H36N2/c1-15(2)16(12-13-18)9-8-14-19(3)17-10-6-4-5-7-11-17/h15-17H,4-14,18H2,1-3H3. The Bertz CT molecular complexity index is 207. The molecule has 0 aliphatic heterocycles. The maximum Gasteiger partial charge on any atom is 0.00922 e. The fourth-order valence-corrected chi connectivity index (χ4v) is 3.51. The van der Waals surface area contributed by atoms with Gasteiger partial charge in [-0.2, -0.15) is 0 Å². The van der Waals surface area contributed by atoms with Crippen LogP contribution in [0.15, 0.2) is 0 Å². The van der Waals surface area contributed by atoms with E-state index in [1.165, 1.54) is 64.3 Å². The van der Waals surface area contributed by atoms with Crippen LogP contribution in [0.25, 0.3) is 0 Å². The average molecular weight is 268 g/mol. The second kappa shape index (κ2) is 9.77. The van der Waals surface area contributed by atoms with E-state index in [2.05, 4.69) is 25.8 Å². The molecule has 0 aromatic rings. The molecule has 1 aliphatic rings. The number of nitrogens with two attached hydrogens (primary N) is 1. The van der Waals surface area contributed by atoms with Gasteiger partial charge < -0.3 is 10.6 Å². The minimum absolute atomic E-state index is 0.784. The predicted molar refractivity (Wildman–Crippen MR) is 85.4 cm³/mol. The zero-order chi connectivity index (χ0) is 14.1. The SMILES string of the molecule is CC(C)C(CCN)CCCN(C)C1CCCCCC1. The molecule has 1 rings (SSSR count). The Morgan fingerprint density at radius 2 is 1.68 bits per heavy atom. The van der Waals surface area contributed by atoms with Crippen molar-refractivity contribution in [3.05, 3.63) is 0 Å². The van der Waals surface area contributed by atoms with Crippen LogP contribution in [-0.4, -0.2) is 31.1 Å². The number of hydrogen-bond acceptors (Lipinski definition) is 2. The topological polar surface area (TPSA) is 29.3 Å². The fraction of sp³-hybridized carbons (Fsp3) is 1.00. The van der Waals surface area contributed by atoms with Crippen LogP contribution in [0.5, 0.6) is 0 Å². The lowest BCUT2D eigenvalue weighted by atomic mass is 9.88. The molecule has 0 aromatic heterocycles. The summed E-state index contributed by atoms with van der Waals surface area (Å²) in [4.78, 5) is 2.63. The van der Waals surface area contributed by atoms with Crippen LogP contribution in [0.1, 0.15) is 71.6 Å². The van der Waals surface area contributed by atoms with Gasteiger partial charge in [-0.3, -0.25) is 0 Å². The van der Waals surface area contributed by atoms with Crippen molar-refractivity contribution in [2.75, 3.05) is 20.1 Å². The molecule has 0 aromatic carbocycles. The third-order valence-corrected chi connectivity index (χ3v) is 5.01. The van der Waals surface area contributed by atoms with E-state index >= 15 is 0 Å². The van der Waals surface area contributed by atoms with Gasteiger partial charge in [0.1, 0.15) is 0 Å². The zero-order valence-corrected chi connectivity index (χ0v) is 13.5. The van der Waals surface area contributed by atoms with E-state index < -0.39 is 0 Å². The highest BCUT2D eigenvalue weighted by Gasteiger charge is 2.17. The summed E-state index contributed by atoms with van der Waals surface area (Å²) in [7, 11) is 2.34. The largest absolute Gasteiger partial charge is 0.330 e. The Morgan fingerprint density at radius 1 is 1.05 bits per heavy atom. The second-order valence-corrected chi connectivity index (χ2v) is 6.85. The predicted octanol–water partition coefficient (Wildman–Crippen LogP) is 4.04. The van der Waals surface area contributed by atoms with Crippen LogP contribution in [0, 0.1) is 11.8 Å². The Morgan fingerprint density at radius 3 is 2.21 bits per heavy atom. The number of rotatable bonds is 8. The first-order valence-corrected chi connectivity index (χ1v) is 8.55. The molecule has 0 spiro atoms. The summed E-state index contributed by atoms with van der Waals surface area (Å²) in [5, 5.41) is 0. The van der Waals surface area contributed by atoms with Gasteiger partial charge in [0.15, 0.2) is 0 Å². The van der Waals surface area contributed by atoms with Crippen molar-refractivity contribution < 1.29 is 0 Å². The van der Waals surface area contributed by atoms with E-state index in [0.717, 1.165) is 24.4 Å². The third kappa shape index (κ3) is 6.76. The highest BCUT2D eigenvalue weighted by atomic mass is 15.1. The molecule has 19 heavy (non-hydrogen) atoms. The Balaban J connectivity index is 2.22. The van der Waals surface area contributed by atoms with Crippen LogP contribution < -0.4 is 5.73 Å². The lowest BCUT2D eigenvalue weighted by Gasteiger charge is -2.28. The van der Waals surface area contributed by atoms with Crippen LogP contribution in [0.3, 0.4) is 0 Å². The quantitative estimate of drug-likeness (QED) is 0.673. The van der Waals surface area contributed by atoms with Crippen LogP contribution >= 0.6 is 0 Å². The Hall–Kier alpha value is -0.0800. The summed E-state index contributed by atoms with van der Waals surface area (Å²) in [6, 6.07) is 0.856. The first kappa shape index (κ1) is 17.0. The van der Waals surface area contributed by atoms with E-state index in [-0.39, 0.29) is 0 Å². The average Bonchev–Trinajstić information content (AvgIpc) is 2.66. The van der Waals surface area contributed by atoms with Crippen molar-refractivity contribution in [2.45, 2.75) is 77.7 Å². The highest BCUT2D eigenvalue weighted by Crippen LogP contribution is 2.23. The summed E-state index contributed by atoms with van der Waals surface area (Å²) in [5.74, 6) is 1.61. The fourth-order valence-electron chi connectivity index (χ4n) is 3.51. The summed E-state index contributed by atoms with van der Waals surface area (Å²) in [6.07, 6.45) is 12.5. The molecule has 114 valence electrons. The summed E-state index contributed by atoms with van der Waals surface area (Å²) < 4.78 is 0. The molecule has 1 atom stereocenters. The van der Waals surface area contributed by atoms with Crippen molar-refractivity contribution >= 4 is 0 Å². The third-order valence-electron chi connectivity index (χ3n) is 5.01. The molecule has 1 fully saturated rings. The molecule has 2 N–H and O–H groups in total. The minimum Gasteiger partial charge on any atom is -0.330 e. The van der Waals surface area contributed by atoms with Gasteiger partial charge in [-0.1, -0.05) is 39.5 Å². The van der Waals surface area contributed by atoms with Crippen LogP contribution in [0.2, 0.25) is 0 Å². The smallest absolute Gasteiger partial charge is 0.00922 e. The lowest BCUT2D eigenvalue weighted by molar-refractivity contribution is 0.206. The highest BCUT2D eigenvalue weighted by molar-refractivity contribution is 4.73. The summed E-state index contributed by atoms with van der Waals surface area (Å²) in [5.41, 5.74) is 5.72. The van der Waals surface area contributed by atoms with Crippen molar-refractivity contribution in [1.82, 2.24) is 4.90 Å². The van der Waals surface area contributed by atoms with Crippen LogP contribution in [0.4, 0.5) is 0 Å². The molecule has 0 radical (unpaired) electrons. The lowest BCUT2D eigenvalue weighted by Crippen LogP contribution is -2.32. The zero-order valence-electron chi connectivity index (χ0n) is 13.5. The molecule has 0 saturated heterocycles. The van der Waals surface area contributed by atoms with E-state index in [1.54, 1.807) is 0 Å². The Labute approximate surface area is 121 Å². The van der Waals surface area contributed by atoms with Gasteiger partial charge in [0.25, 0.3) is 0 Å². The van der Waals surface area contributed by atoms with E-state index in [4.69, 9.17) is 5.73 Å². The molecule has 0 bridgehead atoms. The maximum atomic E-state index is 5.72. The van der Waals surface area contributed by atoms with Gasteiger partial charge in [-0.15, -0.1) is 0 Å². The number of nitrogens with zero attached hydrogens (tertiary/aromatic N) is 1. The first-order chi connectivity index (χ1) is 9.15. The van der Waals surface area contributed by atoms with Gasteiger partial charge in [0, 0.05) is 6.04 Å². The summed E-state index contributed by atoms with van der Waals surface area (Å²) >= 11 is 0. The molecule has 2 nitrogen and oxygen atoms in total. The molecule has 2 heteroatoms. The van der Waals surface area contributed by atoms with E-state index in [1.807, 2.05) is 0 Å². The van der Waals surface area contributed by atoms with Gasteiger partial charge in [0.05, 0.1) is 0 Å². The van der Waals surface area contributed by atoms with E-state index in [0.29, 0.717) is 0 Å². The van der Waals surface area contributed by atoms with Gasteiger partial charge >= 0.3 is 0 Å². The van der Waals surface area contributed by atoms with Crippen molar-refractivity contribution in [1.29, 1.82) is 0 Å². The normalized spacial score (nSPS) is 19.9. The van der Waals surface area contributed by atoms with Gasteiger partial charge in [0.2, 0.25) is 0 Å². The summed E-state index contributed by atoms with van der Waals surface area (Å²) in [6.45, 7) is 6.81. The molecule has 1 saturated carbocycles. The first-order valence-electron chi connectivity index (χ1n) is 8.55. The van der Waals surface area contributed by atoms with Crippen molar-refractivity contribution in [3.63, 3.8) is 0 Å². The molecule has 0 amide bonds. The Kier molecular flexibility index (Phi) is 8.72. The van der Waals surface area contributed by atoms with Gasteiger partial charge in [-0.05, 0) is 64.1 Å². The molecule has 1 unspecified atom stereocenters. The number of hydrogen-bond donors (Lipinski definition) is 1.